The van der Waals surface area contributed by atoms with E-state index in [2.05, 4.69) is 4.98 Å². The first-order chi connectivity index (χ1) is 9.01. The van der Waals surface area contributed by atoms with Gasteiger partial charge in [-0.2, -0.15) is 0 Å². The molecular weight excluding hydrogens is 254 g/mol. The molecule has 0 aromatic carbocycles. The number of rotatable bonds is 6. The predicted molar refractivity (Wildman–Crippen MR) is 62.3 cm³/mol. The van der Waals surface area contributed by atoms with Crippen molar-refractivity contribution in [2.24, 2.45) is 5.92 Å². The summed E-state index contributed by atoms with van der Waals surface area (Å²) in [7, 11) is 0. The minimum atomic E-state index is -1.42. The van der Waals surface area contributed by atoms with Gasteiger partial charge in [-0.05, 0) is 25.7 Å². The van der Waals surface area contributed by atoms with Crippen LogP contribution in [0.15, 0.2) is 4.42 Å². The minimum Gasteiger partial charge on any atom is -0.476 e. The molecule has 0 amide bonds. The van der Waals surface area contributed by atoms with Gasteiger partial charge in [-0.3, -0.25) is 0 Å². The molecule has 0 radical (unpaired) electrons. The van der Waals surface area contributed by atoms with Crippen molar-refractivity contribution >= 4 is 11.9 Å². The van der Waals surface area contributed by atoms with Crippen LogP contribution in [-0.4, -0.2) is 39.8 Å². The van der Waals surface area contributed by atoms with Crippen molar-refractivity contribution in [2.45, 2.75) is 32.3 Å². The molecule has 0 atom stereocenters. The number of nitrogens with zero attached hydrogens (tertiary/aromatic N) is 1. The Morgan fingerprint density at radius 2 is 2.05 bits per heavy atom. The maximum Gasteiger partial charge on any atom is 0.374 e. The molecule has 0 unspecified atom stereocenters. The lowest BCUT2D eigenvalue weighted by molar-refractivity contribution is -0.0256. The zero-order valence-corrected chi connectivity index (χ0v) is 10.5. The Kier molecular flexibility index (Phi) is 3.84. The van der Waals surface area contributed by atoms with Crippen molar-refractivity contribution in [3.63, 3.8) is 0 Å². The van der Waals surface area contributed by atoms with Gasteiger partial charge < -0.3 is 19.4 Å². The molecule has 1 aliphatic carbocycles. The molecule has 7 nitrogen and oxygen atoms in total. The lowest BCUT2D eigenvalue weighted by Gasteiger charge is -2.34. The van der Waals surface area contributed by atoms with Crippen LogP contribution in [0.2, 0.25) is 0 Å². The van der Waals surface area contributed by atoms with E-state index >= 15 is 0 Å². The second kappa shape index (κ2) is 5.40. The summed E-state index contributed by atoms with van der Waals surface area (Å²) in [4.78, 5) is 25.4. The molecule has 1 aromatic heterocycles. The SMILES string of the molecule is CCOC1CC(Cc2nc(C(=O)O)c(C(=O)O)o2)C1. The highest BCUT2D eigenvalue weighted by Crippen LogP contribution is 2.33. The Balaban J connectivity index is 2.00. The standard InChI is InChI=1S/C12H15NO6/c1-2-18-7-3-6(4-7)5-8-13-9(11(14)15)10(19-8)12(16)17/h6-7H,2-5H2,1H3,(H,14,15)(H,16,17). The number of hydrogen-bond donors (Lipinski definition) is 2. The minimum absolute atomic E-state index is 0.162. The normalized spacial score (nSPS) is 21.9. The third kappa shape index (κ3) is 2.93. The average molecular weight is 269 g/mol. The lowest BCUT2D eigenvalue weighted by Crippen LogP contribution is -2.32. The second-order valence-electron chi connectivity index (χ2n) is 4.51. The molecule has 2 rings (SSSR count). The molecule has 0 bridgehead atoms. The van der Waals surface area contributed by atoms with Crippen LogP contribution in [0.4, 0.5) is 0 Å². The quantitative estimate of drug-likeness (QED) is 0.803. The van der Waals surface area contributed by atoms with Crippen molar-refractivity contribution in [1.82, 2.24) is 4.98 Å². The van der Waals surface area contributed by atoms with Crippen molar-refractivity contribution in [2.75, 3.05) is 6.61 Å². The third-order valence-electron chi connectivity index (χ3n) is 3.13. The van der Waals surface area contributed by atoms with E-state index in [0.29, 0.717) is 18.9 Å². The van der Waals surface area contributed by atoms with Crippen LogP contribution < -0.4 is 0 Å². The first-order valence-corrected chi connectivity index (χ1v) is 6.09. The Morgan fingerprint density at radius 3 is 2.53 bits per heavy atom. The number of ether oxygens (including phenoxy) is 1. The molecule has 0 spiro atoms. The summed E-state index contributed by atoms with van der Waals surface area (Å²) in [5.74, 6) is -2.96. The molecule has 19 heavy (non-hydrogen) atoms. The molecular formula is C12H15NO6. The van der Waals surface area contributed by atoms with Crippen molar-refractivity contribution < 1.29 is 29.0 Å². The van der Waals surface area contributed by atoms with E-state index in [-0.39, 0.29) is 12.0 Å². The number of oxazole rings is 1. The van der Waals surface area contributed by atoms with Crippen LogP contribution in [0.25, 0.3) is 0 Å². The molecule has 1 aliphatic rings. The van der Waals surface area contributed by atoms with Gasteiger partial charge in [0.1, 0.15) is 0 Å². The van der Waals surface area contributed by atoms with Gasteiger partial charge in [-0.1, -0.05) is 0 Å². The molecule has 1 saturated carbocycles. The zero-order valence-electron chi connectivity index (χ0n) is 10.5. The zero-order chi connectivity index (χ0) is 14.0. The number of carboxylic acid groups (broad SMARTS) is 2. The summed E-state index contributed by atoms with van der Waals surface area (Å²) in [6, 6.07) is 0. The van der Waals surface area contributed by atoms with E-state index < -0.39 is 23.4 Å². The third-order valence-corrected chi connectivity index (χ3v) is 3.13. The van der Waals surface area contributed by atoms with Crippen molar-refractivity contribution in [3.05, 3.63) is 17.3 Å². The van der Waals surface area contributed by atoms with Crippen LogP contribution in [-0.2, 0) is 11.2 Å². The Bertz CT molecular complexity index is 457. The van der Waals surface area contributed by atoms with Gasteiger partial charge in [-0.25, -0.2) is 14.6 Å². The summed E-state index contributed by atoms with van der Waals surface area (Å²) >= 11 is 0. The topological polar surface area (TPSA) is 110 Å². The fourth-order valence-corrected chi connectivity index (χ4v) is 2.20. The maximum absolute atomic E-state index is 10.8. The fourth-order valence-electron chi connectivity index (χ4n) is 2.20. The van der Waals surface area contributed by atoms with Gasteiger partial charge >= 0.3 is 11.9 Å². The summed E-state index contributed by atoms with van der Waals surface area (Å²) in [5, 5.41) is 17.7. The van der Waals surface area contributed by atoms with Gasteiger partial charge in [0.25, 0.3) is 0 Å². The van der Waals surface area contributed by atoms with Crippen LogP contribution in [0.3, 0.4) is 0 Å². The first kappa shape index (κ1) is 13.5. The molecule has 1 fully saturated rings. The highest BCUT2D eigenvalue weighted by Gasteiger charge is 2.32. The highest BCUT2D eigenvalue weighted by molar-refractivity contribution is 5.98. The second-order valence-corrected chi connectivity index (χ2v) is 4.51. The van der Waals surface area contributed by atoms with Crippen molar-refractivity contribution in [3.8, 4) is 0 Å². The van der Waals surface area contributed by atoms with E-state index in [1.165, 1.54) is 0 Å². The molecule has 104 valence electrons. The number of aromatic carboxylic acids is 2. The summed E-state index contributed by atoms with van der Waals surface area (Å²) in [6.45, 7) is 2.60. The van der Waals surface area contributed by atoms with Gasteiger partial charge in [0.15, 0.2) is 5.89 Å². The van der Waals surface area contributed by atoms with E-state index in [0.717, 1.165) is 12.8 Å². The average Bonchev–Trinajstić information content (AvgIpc) is 2.70. The number of aromatic nitrogens is 1. The molecule has 0 saturated heterocycles. The highest BCUT2D eigenvalue weighted by atomic mass is 16.5. The number of carboxylic acids is 2. The fraction of sp³-hybridized carbons (Fsp3) is 0.583. The maximum atomic E-state index is 10.8. The summed E-state index contributed by atoms with van der Waals surface area (Å²) in [6.07, 6.45) is 2.40. The summed E-state index contributed by atoms with van der Waals surface area (Å²) < 4.78 is 10.4. The molecule has 1 heterocycles. The van der Waals surface area contributed by atoms with Crippen LogP contribution >= 0.6 is 0 Å². The molecule has 2 N–H and O–H groups in total. The lowest BCUT2D eigenvalue weighted by atomic mass is 9.80. The largest absolute Gasteiger partial charge is 0.476 e. The van der Waals surface area contributed by atoms with Gasteiger partial charge in [0.2, 0.25) is 11.5 Å². The van der Waals surface area contributed by atoms with Crippen molar-refractivity contribution in [1.29, 1.82) is 0 Å². The summed E-state index contributed by atoms with van der Waals surface area (Å²) in [5.41, 5.74) is -0.539. The van der Waals surface area contributed by atoms with Gasteiger partial charge in [0.05, 0.1) is 6.10 Å². The first-order valence-electron chi connectivity index (χ1n) is 6.09. The van der Waals surface area contributed by atoms with Crippen LogP contribution in [0, 0.1) is 5.92 Å². The van der Waals surface area contributed by atoms with E-state index in [1.54, 1.807) is 0 Å². The Morgan fingerprint density at radius 1 is 1.37 bits per heavy atom. The Labute approximate surface area is 109 Å². The van der Waals surface area contributed by atoms with Crippen LogP contribution in [0.5, 0.6) is 0 Å². The van der Waals surface area contributed by atoms with E-state index in [1.807, 2.05) is 6.92 Å². The van der Waals surface area contributed by atoms with E-state index in [9.17, 15) is 9.59 Å². The molecule has 7 heteroatoms. The predicted octanol–water partition coefficient (Wildman–Crippen LogP) is 1.43. The van der Waals surface area contributed by atoms with Gasteiger partial charge in [-0.15, -0.1) is 0 Å². The number of hydrogen-bond acceptors (Lipinski definition) is 5. The van der Waals surface area contributed by atoms with Crippen LogP contribution in [0.1, 0.15) is 46.7 Å². The van der Waals surface area contributed by atoms with E-state index in [4.69, 9.17) is 19.4 Å². The van der Waals surface area contributed by atoms with Gasteiger partial charge in [0, 0.05) is 13.0 Å². The monoisotopic (exact) mass is 269 g/mol. The Hall–Kier alpha value is -1.89. The number of carbonyl (C=O) groups is 2. The molecule has 0 aliphatic heterocycles. The molecule has 1 aromatic rings. The smallest absolute Gasteiger partial charge is 0.374 e.